The zero-order chi connectivity index (χ0) is 16.8. The van der Waals surface area contributed by atoms with Gasteiger partial charge in [0.1, 0.15) is 5.54 Å². The number of benzene rings is 2. The molecule has 1 atom stereocenters. The summed E-state index contributed by atoms with van der Waals surface area (Å²) in [7, 11) is 0. The second-order valence-electron chi connectivity index (χ2n) is 6.73. The van der Waals surface area contributed by atoms with E-state index in [-0.39, 0.29) is 6.04 Å². The topological polar surface area (TPSA) is 39.1 Å². The molecule has 1 saturated heterocycles. The SMILES string of the molecule is CC(NC1(C#N)CCN(Cc2ccccc2)CC1)c1ccccc1. The molecule has 3 nitrogen and oxygen atoms in total. The number of nitriles is 1. The number of nitrogens with zero attached hydrogens (tertiary/aromatic N) is 2. The number of hydrogen-bond acceptors (Lipinski definition) is 3. The van der Waals surface area contributed by atoms with Crippen molar-refractivity contribution in [1.82, 2.24) is 10.2 Å². The standard InChI is InChI=1S/C21H25N3/c1-18(20-10-6-3-7-11-20)23-21(17-22)12-14-24(15-13-21)16-19-8-4-2-5-9-19/h2-11,18,23H,12-16H2,1H3. The van der Waals surface area contributed by atoms with E-state index in [1.54, 1.807) is 0 Å². The first-order chi connectivity index (χ1) is 11.7. The van der Waals surface area contributed by atoms with Crippen molar-refractivity contribution < 1.29 is 0 Å². The Kier molecular flexibility index (Phi) is 5.30. The zero-order valence-electron chi connectivity index (χ0n) is 14.3. The Morgan fingerprint density at radius 1 is 1.04 bits per heavy atom. The lowest BCUT2D eigenvalue weighted by Crippen LogP contribution is -2.52. The Morgan fingerprint density at radius 2 is 1.62 bits per heavy atom. The molecule has 3 heteroatoms. The van der Waals surface area contributed by atoms with Crippen molar-refractivity contribution in [3.8, 4) is 6.07 Å². The van der Waals surface area contributed by atoms with E-state index in [1.807, 2.05) is 6.07 Å². The minimum absolute atomic E-state index is 0.187. The average Bonchev–Trinajstić information content (AvgIpc) is 2.65. The normalized spacial score (nSPS) is 18.7. The van der Waals surface area contributed by atoms with Crippen LogP contribution in [0.1, 0.15) is 36.9 Å². The van der Waals surface area contributed by atoms with Gasteiger partial charge in [0.25, 0.3) is 0 Å². The van der Waals surface area contributed by atoms with Crippen molar-refractivity contribution in [3.63, 3.8) is 0 Å². The first kappa shape index (κ1) is 16.7. The van der Waals surface area contributed by atoms with Gasteiger partial charge in [-0.15, -0.1) is 0 Å². The van der Waals surface area contributed by atoms with Crippen LogP contribution in [0.3, 0.4) is 0 Å². The summed E-state index contributed by atoms with van der Waals surface area (Å²) in [5.74, 6) is 0. The highest BCUT2D eigenvalue weighted by Gasteiger charge is 2.35. The van der Waals surface area contributed by atoms with Crippen molar-refractivity contribution in [3.05, 3.63) is 71.8 Å². The summed E-state index contributed by atoms with van der Waals surface area (Å²) in [6, 6.07) is 23.7. The van der Waals surface area contributed by atoms with Crippen molar-refractivity contribution in [2.24, 2.45) is 0 Å². The van der Waals surface area contributed by atoms with Gasteiger partial charge >= 0.3 is 0 Å². The molecule has 3 rings (SSSR count). The predicted molar refractivity (Wildman–Crippen MR) is 97.3 cm³/mol. The molecule has 1 unspecified atom stereocenters. The third-order valence-electron chi connectivity index (χ3n) is 4.97. The van der Waals surface area contributed by atoms with Gasteiger partial charge in [0.05, 0.1) is 6.07 Å². The summed E-state index contributed by atoms with van der Waals surface area (Å²) in [5, 5.41) is 13.4. The number of nitrogens with one attached hydrogen (secondary N) is 1. The van der Waals surface area contributed by atoms with Crippen LogP contribution < -0.4 is 5.32 Å². The van der Waals surface area contributed by atoms with Gasteiger partial charge in [-0.1, -0.05) is 60.7 Å². The molecule has 24 heavy (non-hydrogen) atoms. The highest BCUT2D eigenvalue weighted by Crippen LogP contribution is 2.26. The van der Waals surface area contributed by atoms with Crippen LogP contribution in [-0.2, 0) is 6.54 Å². The van der Waals surface area contributed by atoms with Gasteiger partial charge in [-0.25, -0.2) is 0 Å². The fraction of sp³-hybridized carbons (Fsp3) is 0.381. The number of piperidine rings is 1. The van der Waals surface area contributed by atoms with Crippen LogP contribution in [0.25, 0.3) is 0 Å². The van der Waals surface area contributed by atoms with Crippen LogP contribution in [-0.4, -0.2) is 23.5 Å². The van der Waals surface area contributed by atoms with Gasteiger partial charge in [0.2, 0.25) is 0 Å². The maximum atomic E-state index is 9.78. The van der Waals surface area contributed by atoms with Gasteiger partial charge < -0.3 is 0 Å². The highest BCUT2D eigenvalue weighted by molar-refractivity contribution is 5.21. The minimum Gasteiger partial charge on any atom is -0.299 e. The molecule has 0 bridgehead atoms. The van der Waals surface area contributed by atoms with E-state index in [1.165, 1.54) is 11.1 Å². The molecule has 0 aliphatic carbocycles. The highest BCUT2D eigenvalue weighted by atomic mass is 15.2. The summed E-state index contributed by atoms with van der Waals surface area (Å²) in [6.07, 6.45) is 1.74. The molecule has 1 heterocycles. The molecule has 0 aromatic heterocycles. The summed E-state index contributed by atoms with van der Waals surface area (Å²) >= 11 is 0. The summed E-state index contributed by atoms with van der Waals surface area (Å²) in [6.45, 7) is 5.02. The number of rotatable bonds is 5. The van der Waals surface area contributed by atoms with Crippen molar-refractivity contribution in [2.75, 3.05) is 13.1 Å². The van der Waals surface area contributed by atoms with E-state index in [2.05, 4.69) is 77.8 Å². The molecule has 0 amide bonds. The van der Waals surface area contributed by atoms with Crippen LogP contribution in [0.2, 0.25) is 0 Å². The van der Waals surface area contributed by atoms with E-state index >= 15 is 0 Å². The molecule has 1 N–H and O–H groups in total. The van der Waals surface area contributed by atoms with Crippen molar-refractivity contribution in [2.45, 2.75) is 37.9 Å². The zero-order valence-corrected chi connectivity index (χ0v) is 14.3. The fourth-order valence-corrected chi connectivity index (χ4v) is 3.46. The van der Waals surface area contributed by atoms with Gasteiger partial charge in [-0.2, -0.15) is 5.26 Å². The summed E-state index contributed by atoms with van der Waals surface area (Å²) in [5.41, 5.74) is 2.16. The quantitative estimate of drug-likeness (QED) is 0.908. The van der Waals surface area contributed by atoms with Crippen LogP contribution in [0.4, 0.5) is 0 Å². The molecule has 0 spiro atoms. The van der Waals surface area contributed by atoms with Gasteiger partial charge in [0.15, 0.2) is 0 Å². The van der Waals surface area contributed by atoms with Crippen LogP contribution in [0.5, 0.6) is 0 Å². The molecule has 2 aromatic carbocycles. The van der Waals surface area contributed by atoms with E-state index in [4.69, 9.17) is 0 Å². The fourth-order valence-electron chi connectivity index (χ4n) is 3.46. The molecule has 124 valence electrons. The lowest BCUT2D eigenvalue weighted by atomic mass is 9.87. The Balaban J connectivity index is 1.59. The maximum absolute atomic E-state index is 9.78. The Morgan fingerprint density at radius 3 is 2.21 bits per heavy atom. The summed E-state index contributed by atoms with van der Waals surface area (Å²) in [4.78, 5) is 2.44. The van der Waals surface area contributed by atoms with Crippen molar-refractivity contribution >= 4 is 0 Å². The second kappa shape index (κ2) is 7.61. The third-order valence-corrected chi connectivity index (χ3v) is 4.97. The Labute approximate surface area is 144 Å². The maximum Gasteiger partial charge on any atom is 0.109 e. The number of likely N-dealkylation sites (tertiary alicyclic amines) is 1. The second-order valence-corrected chi connectivity index (χ2v) is 6.73. The smallest absolute Gasteiger partial charge is 0.109 e. The Bertz CT molecular complexity index is 667. The monoisotopic (exact) mass is 319 g/mol. The van der Waals surface area contributed by atoms with Gasteiger partial charge in [-0.05, 0) is 30.9 Å². The molecule has 0 saturated carbocycles. The van der Waals surface area contributed by atoms with Crippen LogP contribution in [0, 0.1) is 11.3 Å². The van der Waals surface area contributed by atoms with Crippen molar-refractivity contribution in [1.29, 1.82) is 5.26 Å². The molecule has 1 fully saturated rings. The molecule has 1 aliphatic rings. The lowest BCUT2D eigenvalue weighted by Gasteiger charge is -2.39. The van der Waals surface area contributed by atoms with E-state index < -0.39 is 5.54 Å². The molecule has 2 aromatic rings. The third kappa shape index (κ3) is 4.03. The van der Waals surface area contributed by atoms with E-state index in [0.29, 0.717) is 0 Å². The van der Waals surface area contributed by atoms with E-state index in [9.17, 15) is 5.26 Å². The largest absolute Gasteiger partial charge is 0.299 e. The predicted octanol–water partition coefficient (Wildman–Crippen LogP) is 3.90. The molecular weight excluding hydrogens is 294 g/mol. The first-order valence-electron chi connectivity index (χ1n) is 8.71. The molecular formula is C21H25N3. The summed E-state index contributed by atoms with van der Waals surface area (Å²) < 4.78 is 0. The van der Waals surface area contributed by atoms with Crippen LogP contribution in [0.15, 0.2) is 60.7 Å². The minimum atomic E-state index is -0.414. The lowest BCUT2D eigenvalue weighted by molar-refractivity contribution is 0.153. The number of hydrogen-bond donors (Lipinski definition) is 1. The molecule has 1 aliphatic heterocycles. The average molecular weight is 319 g/mol. The molecule has 0 radical (unpaired) electrons. The van der Waals surface area contributed by atoms with E-state index in [0.717, 1.165) is 32.5 Å². The van der Waals surface area contributed by atoms with Gasteiger partial charge in [-0.3, -0.25) is 10.2 Å². The first-order valence-corrected chi connectivity index (χ1v) is 8.71. The van der Waals surface area contributed by atoms with Gasteiger partial charge in [0, 0.05) is 25.7 Å². The Hall–Kier alpha value is -2.15. The van der Waals surface area contributed by atoms with Crippen LogP contribution >= 0.6 is 0 Å².